The van der Waals surface area contributed by atoms with E-state index >= 15 is 0 Å². The Hall–Kier alpha value is -4.25. The van der Waals surface area contributed by atoms with E-state index in [0.717, 1.165) is 16.7 Å². The van der Waals surface area contributed by atoms with Crippen molar-refractivity contribution in [3.63, 3.8) is 0 Å². The summed E-state index contributed by atoms with van der Waals surface area (Å²) < 4.78 is 0. The zero-order valence-corrected chi connectivity index (χ0v) is 19.3. The summed E-state index contributed by atoms with van der Waals surface area (Å²) in [4.78, 5) is 38.5. The topological polar surface area (TPSA) is 86.3 Å². The van der Waals surface area contributed by atoms with Gasteiger partial charge in [-0.1, -0.05) is 60.2 Å². The highest BCUT2D eigenvalue weighted by Gasteiger charge is 2.21. The first kappa shape index (κ1) is 22.9. The molecule has 0 saturated carbocycles. The molecular formula is C29H24NO4-. The molecule has 0 atom stereocenters. The third kappa shape index (κ3) is 4.59. The molecule has 0 aliphatic carbocycles. The Labute approximate surface area is 198 Å². The summed E-state index contributed by atoms with van der Waals surface area (Å²) in [5.41, 5.74) is 4.63. The van der Waals surface area contributed by atoms with Crippen LogP contribution in [0.3, 0.4) is 0 Å². The number of ketones is 1. The number of nitrogens with one attached hydrogen (secondary N) is 1. The number of carbonyl (C=O) groups excluding carboxylic acids is 3. The van der Waals surface area contributed by atoms with Crippen molar-refractivity contribution in [2.75, 3.05) is 5.32 Å². The number of carboxylic acid groups (broad SMARTS) is 1. The van der Waals surface area contributed by atoms with Crippen LogP contribution in [-0.4, -0.2) is 17.7 Å². The number of aryl methyl sites for hydroxylation is 3. The van der Waals surface area contributed by atoms with Gasteiger partial charge in [0.15, 0.2) is 5.78 Å². The fourth-order valence-electron chi connectivity index (χ4n) is 4.28. The summed E-state index contributed by atoms with van der Waals surface area (Å²) in [5.74, 6) is -2.01. The molecule has 0 aliphatic rings. The summed E-state index contributed by atoms with van der Waals surface area (Å²) >= 11 is 0. The molecule has 1 amide bonds. The van der Waals surface area contributed by atoms with Crippen LogP contribution in [0.2, 0.25) is 0 Å². The van der Waals surface area contributed by atoms with Gasteiger partial charge in [-0.3, -0.25) is 9.59 Å². The van der Waals surface area contributed by atoms with Crippen LogP contribution in [-0.2, 0) is 6.42 Å². The number of carbonyl (C=O) groups is 3. The van der Waals surface area contributed by atoms with Crippen molar-refractivity contribution in [3.8, 4) is 0 Å². The van der Waals surface area contributed by atoms with E-state index in [-0.39, 0.29) is 34.6 Å². The molecule has 0 aromatic heterocycles. The van der Waals surface area contributed by atoms with Crippen LogP contribution in [0.4, 0.5) is 5.69 Å². The minimum absolute atomic E-state index is 0.113. The number of hydrogen-bond donors (Lipinski definition) is 1. The van der Waals surface area contributed by atoms with Gasteiger partial charge < -0.3 is 15.2 Å². The highest BCUT2D eigenvalue weighted by molar-refractivity contribution is 6.22. The molecule has 5 nitrogen and oxygen atoms in total. The van der Waals surface area contributed by atoms with Gasteiger partial charge in [-0.15, -0.1) is 0 Å². The molecule has 1 N–H and O–H groups in total. The number of amides is 1. The first-order chi connectivity index (χ1) is 16.2. The van der Waals surface area contributed by atoms with Crippen molar-refractivity contribution >= 4 is 34.1 Å². The number of carboxylic acids is 1. The van der Waals surface area contributed by atoms with Crippen molar-refractivity contribution in [3.05, 3.63) is 112 Å². The van der Waals surface area contributed by atoms with Crippen molar-refractivity contribution < 1.29 is 19.5 Å². The molecule has 5 heteroatoms. The Morgan fingerprint density at radius 3 is 2.06 bits per heavy atom. The Kier molecular flexibility index (Phi) is 6.28. The van der Waals surface area contributed by atoms with Crippen LogP contribution in [0.25, 0.3) is 10.8 Å². The Morgan fingerprint density at radius 2 is 1.38 bits per heavy atom. The molecule has 0 bridgehead atoms. The molecule has 4 rings (SSSR count). The second-order valence-corrected chi connectivity index (χ2v) is 8.54. The van der Waals surface area contributed by atoms with Gasteiger partial charge in [-0.25, -0.2) is 0 Å². The lowest BCUT2D eigenvalue weighted by molar-refractivity contribution is -0.254. The van der Waals surface area contributed by atoms with Crippen LogP contribution in [0.5, 0.6) is 0 Å². The number of hydrogen-bond acceptors (Lipinski definition) is 4. The average molecular weight is 451 g/mol. The van der Waals surface area contributed by atoms with Crippen LogP contribution >= 0.6 is 0 Å². The molecule has 0 fully saturated rings. The first-order valence-corrected chi connectivity index (χ1v) is 11.0. The van der Waals surface area contributed by atoms with Gasteiger partial charge in [0.05, 0.1) is 5.97 Å². The standard InChI is InChI=1S/C29H25NO4/c1-17-6-4-8-20(14-17)16-25(31)22-11-10-19(3)26-23(12-13-24(27(22)26)29(33)34)28(32)30-21-9-5-7-18(2)15-21/h4-15H,16H2,1-3H3,(H,30,32)(H,33,34)/p-1. The van der Waals surface area contributed by atoms with Crippen molar-refractivity contribution in [2.24, 2.45) is 0 Å². The molecule has 4 aromatic rings. The molecule has 170 valence electrons. The second kappa shape index (κ2) is 9.32. The Morgan fingerprint density at radius 1 is 0.735 bits per heavy atom. The largest absolute Gasteiger partial charge is 0.545 e. The number of rotatable bonds is 6. The van der Waals surface area contributed by atoms with E-state index in [2.05, 4.69) is 5.32 Å². The molecular weight excluding hydrogens is 426 g/mol. The van der Waals surface area contributed by atoms with Crippen molar-refractivity contribution in [1.29, 1.82) is 0 Å². The fraction of sp³-hybridized carbons (Fsp3) is 0.138. The van der Waals surface area contributed by atoms with Crippen LogP contribution in [0, 0.1) is 20.8 Å². The summed E-state index contributed by atoms with van der Waals surface area (Å²) in [5, 5.41) is 15.5. The quantitative estimate of drug-likeness (QED) is 0.427. The molecule has 0 aliphatic heterocycles. The highest BCUT2D eigenvalue weighted by atomic mass is 16.4. The number of benzene rings is 4. The van der Waals surface area contributed by atoms with E-state index in [1.807, 2.05) is 56.3 Å². The zero-order chi connectivity index (χ0) is 24.4. The predicted molar refractivity (Wildman–Crippen MR) is 131 cm³/mol. The van der Waals surface area contributed by atoms with Gasteiger partial charge in [0, 0.05) is 34.2 Å². The minimum Gasteiger partial charge on any atom is -0.545 e. The fourth-order valence-corrected chi connectivity index (χ4v) is 4.28. The van der Waals surface area contributed by atoms with E-state index in [1.165, 1.54) is 12.1 Å². The van der Waals surface area contributed by atoms with Gasteiger partial charge in [0.25, 0.3) is 5.91 Å². The van der Waals surface area contributed by atoms with Gasteiger partial charge in [-0.05, 0) is 61.0 Å². The molecule has 4 aromatic carbocycles. The lowest BCUT2D eigenvalue weighted by atomic mass is 9.89. The Balaban J connectivity index is 1.85. The third-order valence-electron chi connectivity index (χ3n) is 5.86. The minimum atomic E-state index is -1.40. The predicted octanol–water partition coefficient (Wildman–Crippen LogP) is 4.81. The van der Waals surface area contributed by atoms with E-state index in [9.17, 15) is 19.5 Å². The molecule has 0 heterocycles. The van der Waals surface area contributed by atoms with Crippen molar-refractivity contribution in [2.45, 2.75) is 27.2 Å². The summed E-state index contributed by atoms with van der Waals surface area (Å²) in [6.07, 6.45) is 0.117. The van der Waals surface area contributed by atoms with Gasteiger partial charge in [-0.2, -0.15) is 0 Å². The monoisotopic (exact) mass is 450 g/mol. The number of Topliss-reactive ketones (excluding diaryl/α,β-unsaturated/α-hetero) is 1. The molecule has 0 unspecified atom stereocenters. The van der Waals surface area contributed by atoms with Gasteiger partial charge in [0.1, 0.15) is 0 Å². The molecule has 0 radical (unpaired) electrons. The SMILES string of the molecule is Cc1cccc(CC(=O)c2ccc(C)c3c(C(=O)Nc4cccc(C)c4)ccc(C(=O)[O-])c23)c1. The highest BCUT2D eigenvalue weighted by Crippen LogP contribution is 2.31. The lowest BCUT2D eigenvalue weighted by Crippen LogP contribution is -2.24. The summed E-state index contributed by atoms with van der Waals surface area (Å²) in [7, 11) is 0. The van der Waals surface area contributed by atoms with Crippen LogP contribution < -0.4 is 10.4 Å². The smallest absolute Gasteiger partial charge is 0.256 e. The third-order valence-corrected chi connectivity index (χ3v) is 5.86. The molecule has 34 heavy (non-hydrogen) atoms. The van der Waals surface area contributed by atoms with Gasteiger partial charge in [0.2, 0.25) is 0 Å². The number of aromatic carboxylic acids is 1. The zero-order valence-electron chi connectivity index (χ0n) is 19.3. The van der Waals surface area contributed by atoms with E-state index < -0.39 is 5.97 Å². The van der Waals surface area contributed by atoms with Crippen LogP contribution in [0.1, 0.15) is 53.3 Å². The normalized spacial score (nSPS) is 10.8. The maximum Gasteiger partial charge on any atom is 0.256 e. The summed E-state index contributed by atoms with van der Waals surface area (Å²) in [6, 6.07) is 21.2. The average Bonchev–Trinajstić information content (AvgIpc) is 2.78. The molecule has 0 saturated heterocycles. The molecule has 0 spiro atoms. The number of fused-ring (bicyclic) bond motifs is 1. The maximum atomic E-state index is 13.3. The van der Waals surface area contributed by atoms with E-state index in [1.54, 1.807) is 25.1 Å². The maximum absolute atomic E-state index is 13.3. The number of anilines is 1. The van der Waals surface area contributed by atoms with E-state index in [4.69, 9.17) is 0 Å². The van der Waals surface area contributed by atoms with Crippen LogP contribution in [0.15, 0.2) is 72.8 Å². The van der Waals surface area contributed by atoms with E-state index in [0.29, 0.717) is 22.2 Å². The second-order valence-electron chi connectivity index (χ2n) is 8.54. The Bertz CT molecular complexity index is 1450. The van der Waals surface area contributed by atoms with Crippen molar-refractivity contribution in [1.82, 2.24) is 0 Å². The first-order valence-electron chi connectivity index (χ1n) is 11.0. The van der Waals surface area contributed by atoms with Gasteiger partial charge >= 0.3 is 0 Å². The lowest BCUT2D eigenvalue weighted by Gasteiger charge is -2.17. The summed E-state index contributed by atoms with van der Waals surface area (Å²) in [6.45, 7) is 5.66.